The molecule has 1 fully saturated rings. The first-order valence-electron chi connectivity index (χ1n) is 8.54. The standard InChI is InChI=1S/C16H28N4O5/c1-4-9(2)13(19-14(22)10(3)17)15(23)18-8-12(21)20-7-5-6-11(20)16(24)25/h9-11,13H,4-8,17H2,1-3H3,(H,18,23)(H,19,22)(H,24,25). The zero-order valence-corrected chi connectivity index (χ0v) is 14.9. The Morgan fingerprint density at radius 2 is 1.88 bits per heavy atom. The number of nitrogens with zero attached hydrogens (tertiary/aromatic N) is 1. The van der Waals surface area contributed by atoms with Crippen molar-refractivity contribution in [3.63, 3.8) is 0 Å². The van der Waals surface area contributed by atoms with Gasteiger partial charge in [-0.2, -0.15) is 0 Å². The van der Waals surface area contributed by atoms with Crippen LogP contribution >= 0.6 is 0 Å². The molecular weight excluding hydrogens is 328 g/mol. The van der Waals surface area contributed by atoms with Crippen molar-refractivity contribution >= 4 is 23.7 Å². The zero-order chi connectivity index (χ0) is 19.1. The minimum atomic E-state index is -1.04. The van der Waals surface area contributed by atoms with E-state index in [9.17, 15) is 19.2 Å². The Morgan fingerprint density at radius 3 is 2.40 bits per heavy atom. The third-order valence-electron chi connectivity index (χ3n) is 4.48. The van der Waals surface area contributed by atoms with Crippen LogP contribution in [0.15, 0.2) is 0 Å². The fourth-order valence-electron chi connectivity index (χ4n) is 2.68. The number of hydrogen-bond acceptors (Lipinski definition) is 5. The number of carboxylic acids is 1. The molecule has 25 heavy (non-hydrogen) atoms. The average molecular weight is 356 g/mol. The lowest BCUT2D eigenvalue weighted by Gasteiger charge is -2.25. The van der Waals surface area contributed by atoms with Crippen molar-refractivity contribution in [2.24, 2.45) is 11.7 Å². The van der Waals surface area contributed by atoms with Gasteiger partial charge in [0.05, 0.1) is 12.6 Å². The van der Waals surface area contributed by atoms with E-state index in [2.05, 4.69) is 10.6 Å². The second-order valence-electron chi connectivity index (χ2n) is 6.46. The van der Waals surface area contributed by atoms with Crippen molar-refractivity contribution in [1.29, 1.82) is 0 Å². The van der Waals surface area contributed by atoms with Crippen molar-refractivity contribution in [3.8, 4) is 0 Å². The first-order chi connectivity index (χ1) is 11.7. The Hall–Kier alpha value is -2.16. The fraction of sp³-hybridized carbons (Fsp3) is 0.750. The van der Waals surface area contributed by atoms with E-state index in [0.717, 1.165) is 0 Å². The van der Waals surface area contributed by atoms with Gasteiger partial charge in [-0.1, -0.05) is 20.3 Å². The monoisotopic (exact) mass is 356 g/mol. The van der Waals surface area contributed by atoms with Gasteiger partial charge in [0.15, 0.2) is 0 Å². The van der Waals surface area contributed by atoms with Gasteiger partial charge >= 0.3 is 5.97 Å². The first-order valence-corrected chi connectivity index (χ1v) is 8.54. The number of carboxylic acid groups (broad SMARTS) is 1. The largest absolute Gasteiger partial charge is 0.480 e. The van der Waals surface area contributed by atoms with Gasteiger partial charge in [0, 0.05) is 6.54 Å². The minimum absolute atomic E-state index is 0.142. The van der Waals surface area contributed by atoms with E-state index in [-0.39, 0.29) is 12.5 Å². The number of nitrogens with two attached hydrogens (primary N) is 1. The highest BCUT2D eigenvalue weighted by Gasteiger charge is 2.34. The number of aliphatic carboxylic acids is 1. The van der Waals surface area contributed by atoms with Gasteiger partial charge in [-0.3, -0.25) is 14.4 Å². The molecule has 0 spiro atoms. The molecule has 4 unspecified atom stereocenters. The molecule has 3 amide bonds. The number of carbonyl (C=O) groups is 4. The van der Waals surface area contributed by atoms with Crippen LogP contribution in [0.1, 0.15) is 40.0 Å². The molecule has 0 radical (unpaired) electrons. The van der Waals surface area contributed by atoms with Gasteiger partial charge < -0.3 is 26.4 Å². The van der Waals surface area contributed by atoms with Crippen LogP contribution in [-0.2, 0) is 19.2 Å². The summed E-state index contributed by atoms with van der Waals surface area (Å²) < 4.78 is 0. The lowest BCUT2D eigenvalue weighted by Crippen LogP contribution is -2.55. The lowest BCUT2D eigenvalue weighted by atomic mass is 9.98. The third-order valence-corrected chi connectivity index (χ3v) is 4.48. The van der Waals surface area contributed by atoms with Crippen LogP contribution in [0, 0.1) is 5.92 Å². The Balaban J connectivity index is 2.65. The van der Waals surface area contributed by atoms with E-state index in [4.69, 9.17) is 10.8 Å². The first kappa shape index (κ1) is 20.9. The molecule has 5 N–H and O–H groups in total. The zero-order valence-electron chi connectivity index (χ0n) is 14.9. The molecule has 1 aliphatic rings. The Kier molecular flexibility index (Phi) is 7.82. The van der Waals surface area contributed by atoms with Crippen LogP contribution in [0.5, 0.6) is 0 Å². The van der Waals surface area contributed by atoms with Gasteiger partial charge in [-0.25, -0.2) is 4.79 Å². The summed E-state index contributed by atoms with van der Waals surface area (Å²) in [5.41, 5.74) is 5.51. The second kappa shape index (κ2) is 9.36. The molecule has 1 saturated heterocycles. The summed E-state index contributed by atoms with van der Waals surface area (Å²) in [5.74, 6) is -2.56. The molecule has 0 aromatic rings. The molecule has 142 valence electrons. The molecule has 4 atom stereocenters. The lowest BCUT2D eigenvalue weighted by molar-refractivity contribution is -0.148. The SMILES string of the molecule is CCC(C)C(NC(=O)C(C)N)C(=O)NCC(=O)N1CCCC1C(=O)O. The predicted octanol–water partition coefficient (Wildman–Crippen LogP) is -0.944. The van der Waals surface area contributed by atoms with Crippen LogP contribution in [0.25, 0.3) is 0 Å². The third kappa shape index (κ3) is 5.70. The number of likely N-dealkylation sites (tertiary alicyclic amines) is 1. The molecule has 9 heteroatoms. The van der Waals surface area contributed by atoms with E-state index in [1.807, 2.05) is 13.8 Å². The molecule has 0 aromatic heterocycles. The summed E-state index contributed by atoms with van der Waals surface area (Å²) in [6, 6.07) is -2.39. The van der Waals surface area contributed by atoms with Crippen molar-refractivity contribution in [1.82, 2.24) is 15.5 Å². The molecule has 0 aromatic carbocycles. The summed E-state index contributed by atoms with van der Waals surface area (Å²) in [5, 5.41) is 14.2. The van der Waals surface area contributed by atoms with Crippen molar-refractivity contribution in [2.75, 3.05) is 13.1 Å². The maximum absolute atomic E-state index is 12.4. The van der Waals surface area contributed by atoms with E-state index in [0.29, 0.717) is 25.8 Å². The Morgan fingerprint density at radius 1 is 1.24 bits per heavy atom. The number of carbonyl (C=O) groups excluding carboxylic acids is 3. The van der Waals surface area contributed by atoms with Crippen LogP contribution in [0.2, 0.25) is 0 Å². The van der Waals surface area contributed by atoms with E-state index < -0.39 is 41.8 Å². The topological polar surface area (TPSA) is 142 Å². The van der Waals surface area contributed by atoms with Gasteiger partial charge in [0.1, 0.15) is 12.1 Å². The normalized spacial score (nSPS) is 20.5. The summed E-state index contributed by atoms with van der Waals surface area (Å²) in [7, 11) is 0. The molecule has 0 aliphatic carbocycles. The van der Waals surface area contributed by atoms with Crippen molar-refractivity contribution < 1.29 is 24.3 Å². The number of hydrogen-bond donors (Lipinski definition) is 4. The number of nitrogens with one attached hydrogen (secondary N) is 2. The maximum Gasteiger partial charge on any atom is 0.326 e. The average Bonchev–Trinajstić information content (AvgIpc) is 3.06. The van der Waals surface area contributed by atoms with Crippen molar-refractivity contribution in [3.05, 3.63) is 0 Å². The molecular formula is C16H28N4O5. The minimum Gasteiger partial charge on any atom is -0.480 e. The van der Waals surface area contributed by atoms with Crippen LogP contribution in [-0.4, -0.2) is 64.9 Å². The molecule has 1 heterocycles. The fourth-order valence-corrected chi connectivity index (χ4v) is 2.68. The van der Waals surface area contributed by atoms with Gasteiger partial charge in [-0.05, 0) is 25.7 Å². The van der Waals surface area contributed by atoms with Crippen LogP contribution in [0.4, 0.5) is 0 Å². The summed E-state index contributed by atoms with van der Waals surface area (Å²) in [6.45, 7) is 5.28. The predicted molar refractivity (Wildman–Crippen MR) is 90.4 cm³/mol. The smallest absolute Gasteiger partial charge is 0.326 e. The molecule has 9 nitrogen and oxygen atoms in total. The highest BCUT2D eigenvalue weighted by atomic mass is 16.4. The summed E-state index contributed by atoms with van der Waals surface area (Å²) >= 11 is 0. The Labute approximate surface area is 147 Å². The van der Waals surface area contributed by atoms with Crippen LogP contribution in [0.3, 0.4) is 0 Å². The van der Waals surface area contributed by atoms with Crippen LogP contribution < -0.4 is 16.4 Å². The summed E-state index contributed by atoms with van der Waals surface area (Å²) in [6.07, 6.45) is 1.68. The van der Waals surface area contributed by atoms with Gasteiger partial charge in [0.25, 0.3) is 0 Å². The molecule has 0 bridgehead atoms. The van der Waals surface area contributed by atoms with Crippen molar-refractivity contribution in [2.45, 2.75) is 58.2 Å². The summed E-state index contributed by atoms with van der Waals surface area (Å²) in [4.78, 5) is 48.8. The molecule has 1 rings (SSSR count). The molecule has 1 aliphatic heterocycles. The van der Waals surface area contributed by atoms with E-state index in [1.165, 1.54) is 11.8 Å². The number of rotatable bonds is 8. The molecule has 0 saturated carbocycles. The quantitative estimate of drug-likeness (QED) is 0.442. The van der Waals surface area contributed by atoms with E-state index >= 15 is 0 Å². The Bertz CT molecular complexity index is 523. The second-order valence-corrected chi connectivity index (χ2v) is 6.46. The van der Waals surface area contributed by atoms with Gasteiger partial charge in [0.2, 0.25) is 17.7 Å². The number of amides is 3. The highest BCUT2D eigenvalue weighted by molar-refractivity contribution is 5.92. The van der Waals surface area contributed by atoms with E-state index in [1.54, 1.807) is 0 Å². The highest BCUT2D eigenvalue weighted by Crippen LogP contribution is 2.17. The van der Waals surface area contributed by atoms with Gasteiger partial charge in [-0.15, -0.1) is 0 Å². The maximum atomic E-state index is 12.4.